The normalized spacial score (nSPS) is 10.6. The van der Waals surface area contributed by atoms with Crippen molar-refractivity contribution in [3.63, 3.8) is 0 Å². The summed E-state index contributed by atoms with van der Waals surface area (Å²) >= 11 is 0. The number of aromatic hydroxyl groups is 1. The van der Waals surface area contributed by atoms with Gasteiger partial charge in [-0.2, -0.15) is 5.10 Å². The maximum Gasteiger partial charge on any atom is 0.147 e. The largest absolute Gasteiger partial charge is 0.508 e. The Hall–Kier alpha value is -3.46. The van der Waals surface area contributed by atoms with Crippen molar-refractivity contribution in [2.24, 2.45) is 0 Å². The van der Waals surface area contributed by atoms with E-state index in [0.29, 0.717) is 41.2 Å². The Morgan fingerprint density at radius 2 is 2.03 bits per heavy atom. The van der Waals surface area contributed by atoms with E-state index in [4.69, 9.17) is 4.74 Å². The number of hydrogen-bond acceptors (Lipinski definition) is 7. The first-order valence-electron chi connectivity index (χ1n) is 8.56. The molecule has 2 aromatic carbocycles. The Morgan fingerprint density at radius 1 is 1.17 bits per heavy atom. The van der Waals surface area contributed by atoms with E-state index in [0.717, 1.165) is 0 Å². The summed E-state index contributed by atoms with van der Waals surface area (Å²) in [5, 5.41) is 17.5. The van der Waals surface area contributed by atoms with Crippen LogP contribution in [0.4, 0.5) is 15.9 Å². The number of aromatic nitrogens is 5. The fraction of sp³-hybridized carbons (Fsp3) is 0.158. The number of benzene rings is 2. The number of halogens is 2. The molecule has 2 heterocycles. The van der Waals surface area contributed by atoms with Gasteiger partial charge in [-0.1, -0.05) is 0 Å². The zero-order valence-electron chi connectivity index (χ0n) is 15.4. The number of anilines is 2. The second-order valence-corrected chi connectivity index (χ2v) is 6.15. The third kappa shape index (κ3) is 4.52. The van der Waals surface area contributed by atoms with Gasteiger partial charge in [0.25, 0.3) is 0 Å². The fourth-order valence-electron chi connectivity index (χ4n) is 2.72. The summed E-state index contributed by atoms with van der Waals surface area (Å²) in [4.78, 5) is 12.3. The lowest BCUT2D eigenvalue weighted by atomic mass is 10.2. The van der Waals surface area contributed by atoms with Crippen molar-refractivity contribution < 1.29 is 14.2 Å². The van der Waals surface area contributed by atoms with Crippen LogP contribution in [0.3, 0.4) is 0 Å². The highest BCUT2D eigenvalue weighted by Crippen LogP contribution is 2.30. The molecule has 4 aromatic rings. The van der Waals surface area contributed by atoms with Crippen LogP contribution in [0.25, 0.3) is 10.9 Å². The topological polar surface area (TPSA) is 98.0 Å². The number of fused-ring (bicyclic) bond motifs is 1. The lowest BCUT2D eigenvalue weighted by molar-refractivity contribution is 0.291. The maximum absolute atomic E-state index is 14.2. The monoisotopic (exact) mass is 416 g/mol. The van der Waals surface area contributed by atoms with Crippen molar-refractivity contribution in [2.75, 3.05) is 11.9 Å². The summed E-state index contributed by atoms with van der Waals surface area (Å²) in [5.74, 6) is 0.609. The number of rotatable bonds is 6. The van der Waals surface area contributed by atoms with Gasteiger partial charge in [0.05, 0.1) is 17.7 Å². The van der Waals surface area contributed by atoms with E-state index in [9.17, 15) is 9.50 Å². The molecular formula is C19H18ClFN6O2. The number of phenols is 1. The van der Waals surface area contributed by atoms with Crippen LogP contribution in [0.5, 0.6) is 11.5 Å². The minimum Gasteiger partial charge on any atom is -0.508 e. The first-order chi connectivity index (χ1) is 13.6. The van der Waals surface area contributed by atoms with E-state index in [1.165, 1.54) is 24.8 Å². The van der Waals surface area contributed by atoms with Crippen LogP contribution in [0.15, 0.2) is 49.3 Å². The maximum atomic E-state index is 14.2. The first kappa shape index (κ1) is 20.3. The molecule has 2 aromatic heterocycles. The van der Waals surface area contributed by atoms with Gasteiger partial charge in [0.1, 0.15) is 48.7 Å². The zero-order chi connectivity index (χ0) is 19.5. The summed E-state index contributed by atoms with van der Waals surface area (Å²) in [6.07, 6.45) is 4.48. The first-order valence-corrected chi connectivity index (χ1v) is 8.56. The van der Waals surface area contributed by atoms with Crippen LogP contribution in [0, 0.1) is 12.7 Å². The summed E-state index contributed by atoms with van der Waals surface area (Å²) in [7, 11) is 0. The van der Waals surface area contributed by atoms with Gasteiger partial charge in [0, 0.05) is 17.5 Å². The quantitative estimate of drug-likeness (QED) is 0.495. The van der Waals surface area contributed by atoms with Crippen LogP contribution in [-0.2, 0) is 6.54 Å². The van der Waals surface area contributed by atoms with Crippen molar-refractivity contribution in [2.45, 2.75) is 13.5 Å². The molecule has 0 amide bonds. The van der Waals surface area contributed by atoms with Crippen LogP contribution >= 0.6 is 12.4 Å². The summed E-state index contributed by atoms with van der Waals surface area (Å²) < 4.78 is 21.6. The Morgan fingerprint density at radius 3 is 2.83 bits per heavy atom. The molecule has 0 unspecified atom stereocenters. The van der Waals surface area contributed by atoms with Crippen molar-refractivity contribution in [3.8, 4) is 11.5 Å². The van der Waals surface area contributed by atoms with E-state index in [1.54, 1.807) is 36.1 Å². The number of aryl methyl sites for hydroxylation is 1. The van der Waals surface area contributed by atoms with E-state index in [1.807, 2.05) is 0 Å². The molecule has 0 spiro atoms. The number of phenolic OH excluding ortho intramolecular Hbond substituents is 1. The fourth-order valence-corrected chi connectivity index (χ4v) is 2.72. The number of nitrogens with one attached hydrogen (secondary N) is 1. The third-order valence-corrected chi connectivity index (χ3v) is 4.20. The predicted molar refractivity (Wildman–Crippen MR) is 108 cm³/mol. The van der Waals surface area contributed by atoms with Crippen molar-refractivity contribution in [1.82, 2.24) is 24.7 Å². The Bertz CT molecular complexity index is 1120. The molecule has 0 aliphatic heterocycles. The van der Waals surface area contributed by atoms with Crippen LogP contribution in [0.2, 0.25) is 0 Å². The van der Waals surface area contributed by atoms with Gasteiger partial charge in [-0.3, -0.25) is 0 Å². The Labute approximate surface area is 171 Å². The van der Waals surface area contributed by atoms with Gasteiger partial charge in [0.15, 0.2) is 0 Å². The number of ether oxygens (including phenoxy) is 1. The molecule has 4 rings (SSSR count). The second kappa shape index (κ2) is 8.70. The lowest BCUT2D eigenvalue weighted by Gasteiger charge is -2.12. The van der Waals surface area contributed by atoms with E-state index in [-0.39, 0.29) is 23.8 Å². The van der Waals surface area contributed by atoms with Crippen LogP contribution < -0.4 is 10.1 Å². The SMILES string of the molecule is Cc1cc(F)c(Nc2ncnc3cc(OCCn4cncn4)ccc23)cc1O.Cl. The molecule has 0 radical (unpaired) electrons. The van der Waals surface area contributed by atoms with E-state index < -0.39 is 5.82 Å². The average Bonchev–Trinajstić information content (AvgIpc) is 3.19. The van der Waals surface area contributed by atoms with Crippen molar-refractivity contribution in [1.29, 1.82) is 0 Å². The minimum absolute atomic E-state index is 0. The second-order valence-electron chi connectivity index (χ2n) is 6.15. The average molecular weight is 417 g/mol. The smallest absolute Gasteiger partial charge is 0.147 e. The molecule has 0 atom stereocenters. The predicted octanol–water partition coefficient (Wildman–Crippen LogP) is 3.62. The van der Waals surface area contributed by atoms with Gasteiger partial charge < -0.3 is 15.2 Å². The standard InChI is InChI=1S/C19H17FN6O2.ClH/c1-12-6-15(20)17(8-18(12)27)25-19-14-3-2-13(7-16(14)22-10-23-19)28-5-4-26-11-21-9-24-26;/h2-3,6-11,27H,4-5H2,1H3,(H,22,23,25);1H. The molecule has 10 heteroatoms. The molecule has 0 fully saturated rings. The third-order valence-electron chi connectivity index (χ3n) is 4.20. The summed E-state index contributed by atoms with van der Waals surface area (Å²) in [5.41, 5.74) is 1.24. The molecule has 29 heavy (non-hydrogen) atoms. The molecule has 0 aliphatic rings. The van der Waals surface area contributed by atoms with Gasteiger partial charge in [-0.25, -0.2) is 24.0 Å². The van der Waals surface area contributed by atoms with Crippen molar-refractivity contribution >= 4 is 34.8 Å². The van der Waals surface area contributed by atoms with Crippen molar-refractivity contribution in [3.05, 3.63) is 60.7 Å². The molecule has 0 bridgehead atoms. The van der Waals surface area contributed by atoms with Gasteiger partial charge in [0.2, 0.25) is 0 Å². The lowest BCUT2D eigenvalue weighted by Crippen LogP contribution is -2.08. The van der Waals surface area contributed by atoms with Gasteiger partial charge >= 0.3 is 0 Å². The highest BCUT2D eigenvalue weighted by molar-refractivity contribution is 5.91. The minimum atomic E-state index is -0.477. The molecule has 2 N–H and O–H groups in total. The summed E-state index contributed by atoms with van der Waals surface area (Å²) in [6, 6.07) is 7.98. The molecule has 150 valence electrons. The van der Waals surface area contributed by atoms with E-state index in [2.05, 4.69) is 25.4 Å². The van der Waals surface area contributed by atoms with E-state index >= 15 is 0 Å². The molecule has 0 aliphatic carbocycles. The van der Waals surface area contributed by atoms with Gasteiger partial charge in [-0.05, 0) is 30.7 Å². The van der Waals surface area contributed by atoms with Crippen LogP contribution in [0.1, 0.15) is 5.56 Å². The Balaban J connectivity index is 0.00000240. The van der Waals surface area contributed by atoms with Crippen LogP contribution in [-0.4, -0.2) is 36.4 Å². The molecular weight excluding hydrogens is 399 g/mol. The molecule has 0 saturated heterocycles. The highest BCUT2D eigenvalue weighted by Gasteiger charge is 2.11. The Kier molecular flexibility index (Phi) is 6.08. The highest BCUT2D eigenvalue weighted by atomic mass is 35.5. The molecule has 8 nitrogen and oxygen atoms in total. The number of nitrogens with zero attached hydrogens (tertiary/aromatic N) is 5. The van der Waals surface area contributed by atoms with Gasteiger partial charge in [-0.15, -0.1) is 12.4 Å². The summed E-state index contributed by atoms with van der Waals surface area (Å²) in [6.45, 7) is 2.64. The number of hydrogen-bond donors (Lipinski definition) is 2. The zero-order valence-corrected chi connectivity index (χ0v) is 16.2. The molecule has 0 saturated carbocycles.